The molecule has 5 heteroatoms. The van der Waals surface area contributed by atoms with E-state index < -0.39 is 17.5 Å². The number of ether oxygens (including phenoxy) is 1. The number of carbonyl (C=O) groups excluding carboxylic acids is 1. The lowest BCUT2D eigenvalue weighted by Gasteiger charge is -2.08. The number of halogens is 2. The van der Waals surface area contributed by atoms with E-state index in [4.69, 9.17) is 4.74 Å². The van der Waals surface area contributed by atoms with Crippen LogP contribution in [-0.4, -0.2) is 19.1 Å². The van der Waals surface area contributed by atoms with Crippen molar-refractivity contribution in [3.05, 3.63) is 65.2 Å². The molecular weight excluding hydrogens is 288 g/mol. The predicted octanol–water partition coefficient (Wildman–Crippen LogP) is 3.34. The fourth-order valence-corrected chi connectivity index (χ4v) is 1.89. The summed E-state index contributed by atoms with van der Waals surface area (Å²) in [5.74, 6) is -1.77. The molecule has 2 aromatic rings. The van der Waals surface area contributed by atoms with Gasteiger partial charge < -0.3 is 10.1 Å². The van der Waals surface area contributed by atoms with Gasteiger partial charge in [0.25, 0.3) is 5.91 Å². The van der Waals surface area contributed by atoms with Crippen molar-refractivity contribution >= 4 is 5.91 Å². The Morgan fingerprint density at radius 3 is 2.45 bits per heavy atom. The number of benzene rings is 2. The van der Waals surface area contributed by atoms with Gasteiger partial charge in [-0.3, -0.25) is 4.79 Å². The normalized spacial score (nSPS) is 10.3. The van der Waals surface area contributed by atoms with Gasteiger partial charge in [-0.05, 0) is 42.3 Å². The second-order valence-electron chi connectivity index (χ2n) is 4.73. The van der Waals surface area contributed by atoms with Crippen LogP contribution in [0.5, 0.6) is 5.75 Å². The molecule has 0 heterocycles. The summed E-state index contributed by atoms with van der Waals surface area (Å²) >= 11 is 0. The fourth-order valence-electron chi connectivity index (χ4n) is 1.89. The molecule has 0 radical (unpaired) electrons. The van der Waals surface area contributed by atoms with Crippen molar-refractivity contribution in [2.45, 2.75) is 13.3 Å². The lowest BCUT2D eigenvalue weighted by atomic mass is 10.2. The summed E-state index contributed by atoms with van der Waals surface area (Å²) in [5, 5.41) is 2.59. The Kier molecular flexibility index (Phi) is 5.47. The maximum atomic E-state index is 13.0. The molecule has 3 nitrogen and oxygen atoms in total. The number of hydrogen-bond donors (Lipinski definition) is 1. The van der Waals surface area contributed by atoms with Crippen LogP contribution in [0.4, 0.5) is 8.78 Å². The zero-order valence-corrected chi connectivity index (χ0v) is 12.2. The Morgan fingerprint density at radius 1 is 1.09 bits per heavy atom. The van der Waals surface area contributed by atoms with E-state index in [0.29, 0.717) is 6.61 Å². The fraction of sp³-hybridized carbons (Fsp3) is 0.235. The minimum Gasteiger partial charge on any atom is -0.492 e. The number of hydrogen-bond acceptors (Lipinski definition) is 2. The van der Waals surface area contributed by atoms with Crippen LogP contribution in [0.1, 0.15) is 22.8 Å². The van der Waals surface area contributed by atoms with E-state index in [1.54, 1.807) is 0 Å². The maximum Gasteiger partial charge on any atom is 0.251 e. The Hall–Kier alpha value is -2.43. The molecule has 0 bridgehead atoms. The van der Waals surface area contributed by atoms with Crippen molar-refractivity contribution in [2.24, 2.45) is 0 Å². The summed E-state index contributed by atoms with van der Waals surface area (Å²) in [6.07, 6.45) is 0.963. The minimum atomic E-state index is -1.04. The van der Waals surface area contributed by atoms with E-state index in [1.807, 2.05) is 24.3 Å². The second kappa shape index (κ2) is 7.54. The Bertz CT molecular complexity index is 642. The lowest BCUT2D eigenvalue weighted by Crippen LogP contribution is -2.28. The van der Waals surface area contributed by atoms with Crippen LogP contribution in [0.15, 0.2) is 42.5 Å². The Morgan fingerprint density at radius 2 is 1.82 bits per heavy atom. The first-order valence-corrected chi connectivity index (χ1v) is 7.05. The molecule has 0 aliphatic rings. The molecule has 116 valence electrons. The molecule has 0 aromatic heterocycles. The number of rotatable bonds is 6. The average molecular weight is 305 g/mol. The smallest absolute Gasteiger partial charge is 0.251 e. The van der Waals surface area contributed by atoms with Gasteiger partial charge >= 0.3 is 0 Å². The molecule has 0 atom stereocenters. The van der Waals surface area contributed by atoms with Gasteiger partial charge in [-0.1, -0.05) is 19.1 Å². The number of carbonyl (C=O) groups is 1. The van der Waals surface area contributed by atoms with Gasteiger partial charge in [0.1, 0.15) is 12.4 Å². The van der Waals surface area contributed by atoms with Crippen molar-refractivity contribution in [3.8, 4) is 5.75 Å². The first-order valence-electron chi connectivity index (χ1n) is 7.05. The van der Waals surface area contributed by atoms with E-state index in [9.17, 15) is 13.6 Å². The first-order chi connectivity index (χ1) is 10.6. The summed E-state index contributed by atoms with van der Waals surface area (Å²) in [5.41, 5.74) is 1.30. The summed E-state index contributed by atoms with van der Waals surface area (Å²) in [4.78, 5) is 11.7. The quantitative estimate of drug-likeness (QED) is 0.831. The van der Waals surface area contributed by atoms with E-state index >= 15 is 0 Å². The zero-order valence-electron chi connectivity index (χ0n) is 12.2. The molecule has 1 N–H and O–H groups in total. The van der Waals surface area contributed by atoms with Gasteiger partial charge in [0.05, 0.1) is 6.54 Å². The largest absolute Gasteiger partial charge is 0.492 e. The summed E-state index contributed by atoms with van der Waals surface area (Å²) < 4.78 is 31.3. The molecule has 2 aromatic carbocycles. The van der Waals surface area contributed by atoms with E-state index in [2.05, 4.69) is 12.2 Å². The van der Waals surface area contributed by atoms with Gasteiger partial charge in [-0.15, -0.1) is 0 Å². The number of aryl methyl sites for hydroxylation is 1. The molecular formula is C17H17F2NO2. The van der Waals surface area contributed by atoms with E-state index in [-0.39, 0.29) is 12.1 Å². The highest BCUT2D eigenvalue weighted by molar-refractivity contribution is 5.94. The summed E-state index contributed by atoms with van der Waals surface area (Å²) in [6.45, 7) is 2.64. The van der Waals surface area contributed by atoms with Crippen molar-refractivity contribution in [2.75, 3.05) is 13.2 Å². The molecule has 0 unspecified atom stereocenters. The SMILES string of the molecule is CCc1ccc(OCCNC(=O)c2ccc(F)c(F)c2)cc1. The summed E-state index contributed by atoms with van der Waals surface area (Å²) in [6, 6.07) is 10.7. The lowest BCUT2D eigenvalue weighted by molar-refractivity contribution is 0.0946. The van der Waals surface area contributed by atoms with Crippen LogP contribution >= 0.6 is 0 Å². The molecule has 22 heavy (non-hydrogen) atoms. The average Bonchev–Trinajstić information content (AvgIpc) is 2.54. The topological polar surface area (TPSA) is 38.3 Å². The van der Waals surface area contributed by atoms with Crippen LogP contribution in [0.25, 0.3) is 0 Å². The highest BCUT2D eigenvalue weighted by Gasteiger charge is 2.09. The maximum absolute atomic E-state index is 13.0. The highest BCUT2D eigenvalue weighted by Crippen LogP contribution is 2.12. The van der Waals surface area contributed by atoms with E-state index in [1.165, 1.54) is 11.6 Å². The molecule has 0 saturated heterocycles. The van der Waals surface area contributed by atoms with Crippen LogP contribution in [0, 0.1) is 11.6 Å². The van der Waals surface area contributed by atoms with Crippen LogP contribution in [0.2, 0.25) is 0 Å². The van der Waals surface area contributed by atoms with Crippen LogP contribution in [-0.2, 0) is 6.42 Å². The molecule has 0 aliphatic carbocycles. The van der Waals surface area contributed by atoms with Gasteiger partial charge in [0, 0.05) is 5.56 Å². The molecule has 0 spiro atoms. The van der Waals surface area contributed by atoms with Crippen molar-refractivity contribution in [1.82, 2.24) is 5.32 Å². The first kappa shape index (κ1) is 15.9. The van der Waals surface area contributed by atoms with Gasteiger partial charge in [-0.2, -0.15) is 0 Å². The van der Waals surface area contributed by atoms with Crippen molar-refractivity contribution in [3.63, 3.8) is 0 Å². The van der Waals surface area contributed by atoms with Crippen LogP contribution < -0.4 is 10.1 Å². The van der Waals surface area contributed by atoms with E-state index in [0.717, 1.165) is 24.3 Å². The molecule has 0 saturated carbocycles. The third-order valence-electron chi connectivity index (χ3n) is 3.17. The molecule has 1 amide bonds. The molecule has 2 rings (SSSR count). The number of nitrogens with one attached hydrogen (secondary N) is 1. The molecule has 0 fully saturated rings. The third-order valence-corrected chi connectivity index (χ3v) is 3.17. The van der Waals surface area contributed by atoms with Gasteiger partial charge in [0.15, 0.2) is 11.6 Å². The minimum absolute atomic E-state index is 0.0752. The Balaban J connectivity index is 1.77. The third kappa shape index (κ3) is 4.28. The Labute approximate surface area is 127 Å². The van der Waals surface area contributed by atoms with Crippen LogP contribution in [0.3, 0.4) is 0 Å². The number of amides is 1. The second-order valence-corrected chi connectivity index (χ2v) is 4.73. The standard InChI is InChI=1S/C17H17F2NO2/c1-2-12-3-6-14(7-4-12)22-10-9-20-17(21)13-5-8-15(18)16(19)11-13/h3-8,11H,2,9-10H2,1H3,(H,20,21). The highest BCUT2D eigenvalue weighted by atomic mass is 19.2. The van der Waals surface area contributed by atoms with Gasteiger partial charge in [-0.25, -0.2) is 8.78 Å². The van der Waals surface area contributed by atoms with Crippen molar-refractivity contribution < 1.29 is 18.3 Å². The van der Waals surface area contributed by atoms with Crippen molar-refractivity contribution in [1.29, 1.82) is 0 Å². The van der Waals surface area contributed by atoms with Gasteiger partial charge in [0.2, 0.25) is 0 Å². The summed E-state index contributed by atoms with van der Waals surface area (Å²) in [7, 11) is 0. The molecule has 0 aliphatic heterocycles. The zero-order chi connectivity index (χ0) is 15.9. The predicted molar refractivity (Wildman–Crippen MR) is 80.0 cm³/mol. The monoisotopic (exact) mass is 305 g/mol.